The highest BCUT2D eigenvalue weighted by Crippen LogP contribution is 2.26. The van der Waals surface area contributed by atoms with Crippen LogP contribution in [-0.4, -0.2) is 5.11 Å². The first-order chi connectivity index (χ1) is 12.6. The van der Waals surface area contributed by atoms with Gasteiger partial charge in [0.15, 0.2) is 0 Å². The third-order valence-corrected chi connectivity index (χ3v) is 4.07. The quantitative estimate of drug-likeness (QED) is 0.613. The summed E-state index contributed by atoms with van der Waals surface area (Å²) in [6.07, 6.45) is 0.0252. The van der Waals surface area contributed by atoms with E-state index in [1.807, 2.05) is 54.6 Å². The largest absolute Gasteiger partial charge is 0.489 e. The van der Waals surface area contributed by atoms with Crippen LogP contribution >= 0.6 is 0 Å². The van der Waals surface area contributed by atoms with Crippen molar-refractivity contribution in [1.29, 1.82) is 0 Å². The highest BCUT2D eigenvalue weighted by molar-refractivity contribution is 5.38. The number of ether oxygens (including phenoxy) is 2. The van der Waals surface area contributed by atoms with Gasteiger partial charge in [0.05, 0.1) is 0 Å². The molecule has 3 aromatic carbocycles. The smallest absolute Gasteiger partial charge is 0.131 e. The second-order valence-corrected chi connectivity index (χ2v) is 6.05. The maximum atomic E-state index is 9.46. The fraction of sp³-hybridized carbons (Fsp3) is 0.182. The van der Waals surface area contributed by atoms with E-state index in [2.05, 4.69) is 19.1 Å². The summed E-state index contributed by atoms with van der Waals surface area (Å²) in [6, 6.07) is 23.0. The molecule has 0 aliphatic carbocycles. The molecular formula is C22H23NO3. The topological polar surface area (TPSA) is 64.7 Å². The minimum atomic E-state index is -0.981. The predicted molar refractivity (Wildman–Crippen MR) is 102 cm³/mol. The lowest BCUT2D eigenvalue weighted by atomic mass is 10.1. The van der Waals surface area contributed by atoms with E-state index in [9.17, 15) is 5.11 Å². The molecule has 0 aromatic heterocycles. The number of aliphatic hydroxyl groups excluding tert-OH is 1. The lowest BCUT2D eigenvalue weighted by molar-refractivity contribution is 0.186. The molecule has 0 saturated heterocycles. The normalized spacial score (nSPS) is 11.8. The van der Waals surface area contributed by atoms with Crippen molar-refractivity contribution >= 4 is 0 Å². The predicted octanol–water partition coefficient (Wildman–Crippen LogP) is 4.57. The van der Waals surface area contributed by atoms with Crippen molar-refractivity contribution in [3.8, 4) is 17.2 Å². The van der Waals surface area contributed by atoms with Gasteiger partial charge in [-0.3, -0.25) is 0 Å². The van der Waals surface area contributed by atoms with Gasteiger partial charge in [-0.25, -0.2) is 0 Å². The lowest BCUT2D eigenvalue weighted by Crippen LogP contribution is -2.09. The molecule has 0 fully saturated rings. The van der Waals surface area contributed by atoms with Gasteiger partial charge in [0.25, 0.3) is 0 Å². The molecule has 0 radical (unpaired) electrons. The van der Waals surface area contributed by atoms with Crippen LogP contribution in [0.1, 0.15) is 29.8 Å². The van der Waals surface area contributed by atoms with Gasteiger partial charge in [-0.2, -0.15) is 0 Å². The molecule has 3 aromatic rings. The number of hydrogen-bond acceptors (Lipinski definition) is 4. The van der Waals surface area contributed by atoms with Gasteiger partial charge in [0, 0.05) is 6.07 Å². The summed E-state index contributed by atoms with van der Waals surface area (Å²) in [5.41, 5.74) is 8.38. The zero-order chi connectivity index (χ0) is 18.4. The molecule has 3 N–H and O–H groups in total. The summed E-state index contributed by atoms with van der Waals surface area (Å²) in [5.74, 6) is 2.23. The van der Waals surface area contributed by atoms with Crippen LogP contribution in [0.2, 0.25) is 0 Å². The van der Waals surface area contributed by atoms with Crippen molar-refractivity contribution in [2.45, 2.75) is 26.2 Å². The SMILES string of the molecule is CCc1ccc(Oc2cccc(OCc3cccc(C(N)O)c3)c2)cc1. The second-order valence-electron chi connectivity index (χ2n) is 6.05. The Morgan fingerprint density at radius 3 is 2.31 bits per heavy atom. The Labute approximate surface area is 153 Å². The summed E-state index contributed by atoms with van der Waals surface area (Å²) in [7, 11) is 0. The van der Waals surface area contributed by atoms with Crippen LogP contribution in [0.5, 0.6) is 17.2 Å². The van der Waals surface area contributed by atoms with E-state index >= 15 is 0 Å². The molecular weight excluding hydrogens is 326 g/mol. The van der Waals surface area contributed by atoms with Gasteiger partial charge >= 0.3 is 0 Å². The minimum absolute atomic E-state index is 0.384. The van der Waals surface area contributed by atoms with E-state index in [4.69, 9.17) is 15.2 Å². The van der Waals surface area contributed by atoms with Gasteiger partial charge < -0.3 is 20.3 Å². The highest BCUT2D eigenvalue weighted by Gasteiger charge is 2.04. The average Bonchev–Trinajstić information content (AvgIpc) is 2.67. The molecule has 1 unspecified atom stereocenters. The molecule has 4 heteroatoms. The number of aliphatic hydroxyl groups is 1. The van der Waals surface area contributed by atoms with E-state index in [1.54, 1.807) is 6.07 Å². The monoisotopic (exact) mass is 349 g/mol. The van der Waals surface area contributed by atoms with Crippen LogP contribution in [0.3, 0.4) is 0 Å². The molecule has 26 heavy (non-hydrogen) atoms. The minimum Gasteiger partial charge on any atom is -0.489 e. The van der Waals surface area contributed by atoms with Crippen molar-refractivity contribution in [3.63, 3.8) is 0 Å². The Bertz CT molecular complexity index is 844. The van der Waals surface area contributed by atoms with Crippen LogP contribution < -0.4 is 15.2 Å². The number of nitrogens with two attached hydrogens (primary N) is 1. The number of benzene rings is 3. The number of hydrogen-bond donors (Lipinski definition) is 2. The number of aryl methyl sites for hydroxylation is 1. The molecule has 0 heterocycles. The fourth-order valence-electron chi connectivity index (χ4n) is 2.59. The summed E-state index contributed by atoms with van der Waals surface area (Å²) in [6.45, 7) is 2.51. The van der Waals surface area contributed by atoms with E-state index in [1.165, 1.54) is 5.56 Å². The van der Waals surface area contributed by atoms with Crippen molar-refractivity contribution in [2.75, 3.05) is 0 Å². The molecule has 0 amide bonds. The lowest BCUT2D eigenvalue weighted by Gasteiger charge is -2.11. The third kappa shape index (κ3) is 4.85. The fourth-order valence-corrected chi connectivity index (χ4v) is 2.59. The van der Waals surface area contributed by atoms with Crippen LogP contribution in [0.4, 0.5) is 0 Å². The first kappa shape index (κ1) is 18.0. The van der Waals surface area contributed by atoms with Crippen molar-refractivity contribution < 1.29 is 14.6 Å². The highest BCUT2D eigenvalue weighted by atomic mass is 16.5. The van der Waals surface area contributed by atoms with Crippen molar-refractivity contribution in [2.24, 2.45) is 5.73 Å². The Hall–Kier alpha value is -2.82. The third-order valence-electron chi connectivity index (χ3n) is 4.07. The van der Waals surface area contributed by atoms with Gasteiger partial charge in [-0.15, -0.1) is 0 Å². The average molecular weight is 349 g/mol. The first-order valence-electron chi connectivity index (χ1n) is 8.66. The van der Waals surface area contributed by atoms with Crippen LogP contribution in [0.15, 0.2) is 72.8 Å². The molecule has 0 saturated carbocycles. The van der Waals surface area contributed by atoms with Gasteiger partial charge in [-0.1, -0.05) is 43.3 Å². The summed E-state index contributed by atoms with van der Waals surface area (Å²) in [4.78, 5) is 0. The second kappa shape index (κ2) is 8.52. The Morgan fingerprint density at radius 2 is 1.58 bits per heavy atom. The standard InChI is InChI=1S/C22H23NO3/c1-2-16-9-11-19(12-10-16)26-21-8-4-7-20(14-21)25-15-17-5-3-6-18(13-17)22(23)24/h3-14,22,24H,2,15,23H2,1H3. The Kier molecular flexibility index (Phi) is 5.89. The van der Waals surface area contributed by atoms with Gasteiger partial charge in [0.2, 0.25) is 0 Å². The van der Waals surface area contributed by atoms with Crippen LogP contribution in [-0.2, 0) is 13.0 Å². The van der Waals surface area contributed by atoms with Crippen molar-refractivity contribution in [1.82, 2.24) is 0 Å². The summed E-state index contributed by atoms with van der Waals surface area (Å²) >= 11 is 0. The van der Waals surface area contributed by atoms with Gasteiger partial charge in [-0.05, 0) is 53.4 Å². The molecule has 0 aliphatic rings. The first-order valence-corrected chi connectivity index (χ1v) is 8.66. The Balaban J connectivity index is 1.64. The van der Waals surface area contributed by atoms with Crippen LogP contribution in [0.25, 0.3) is 0 Å². The van der Waals surface area contributed by atoms with E-state index < -0.39 is 6.23 Å². The maximum absolute atomic E-state index is 9.46. The molecule has 0 spiro atoms. The van der Waals surface area contributed by atoms with Crippen molar-refractivity contribution in [3.05, 3.63) is 89.5 Å². The maximum Gasteiger partial charge on any atom is 0.131 e. The molecule has 3 rings (SSSR count). The molecule has 1 atom stereocenters. The zero-order valence-electron chi connectivity index (χ0n) is 14.8. The van der Waals surface area contributed by atoms with E-state index in [-0.39, 0.29) is 0 Å². The van der Waals surface area contributed by atoms with Gasteiger partial charge in [0.1, 0.15) is 30.1 Å². The van der Waals surface area contributed by atoms with Crippen LogP contribution in [0, 0.1) is 0 Å². The van der Waals surface area contributed by atoms with E-state index in [0.717, 1.165) is 23.5 Å². The Morgan fingerprint density at radius 1 is 0.846 bits per heavy atom. The summed E-state index contributed by atoms with van der Waals surface area (Å²) in [5, 5.41) is 9.46. The molecule has 0 aliphatic heterocycles. The zero-order valence-corrected chi connectivity index (χ0v) is 14.8. The molecule has 0 bridgehead atoms. The summed E-state index contributed by atoms with van der Waals surface area (Å²) < 4.78 is 11.7. The number of rotatable bonds is 7. The molecule has 4 nitrogen and oxygen atoms in total. The van der Waals surface area contributed by atoms with E-state index in [0.29, 0.717) is 17.9 Å². The molecule has 134 valence electrons.